The maximum Gasteiger partial charge on any atom is 0.276 e. The molecule has 3 N–H and O–H groups in total. The molecule has 160 valence electrons. The Balaban J connectivity index is 1.43. The molecule has 9 nitrogen and oxygen atoms in total. The predicted octanol–water partition coefficient (Wildman–Crippen LogP) is 0.903. The second kappa shape index (κ2) is 9.31. The van der Waals surface area contributed by atoms with Gasteiger partial charge in [0.1, 0.15) is 23.7 Å². The van der Waals surface area contributed by atoms with Crippen molar-refractivity contribution in [3.05, 3.63) is 66.1 Å². The molecule has 4 heterocycles. The van der Waals surface area contributed by atoms with E-state index in [9.17, 15) is 9.59 Å². The van der Waals surface area contributed by atoms with Gasteiger partial charge in [-0.3, -0.25) is 9.59 Å². The molecule has 0 bridgehead atoms. The number of nitrogens with zero attached hydrogens (tertiary/aromatic N) is 4. The van der Waals surface area contributed by atoms with Crippen molar-refractivity contribution in [2.75, 3.05) is 18.1 Å². The second-order valence-electron chi connectivity index (χ2n) is 6.83. The van der Waals surface area contributed by atoms with Crippen LogP contribution in [-0.4, -0.2) is 51.2 Å². The Hall–Kier alpha value is -3.18. The molecule has 0 radical (unpaired) electrons. The fraction of sp³-hybridized carbons (Fsp3) is 0.250. The molecule has 0 aliphatic carbocycles. The summed E-state index contributed by atoms with van der Waals surface area (Å²) in [5.74, 6) is 0.0715. The minimum Gasteiger partial charge on any atom is -0.391 e. The molecule has 2 aromatic heterocycles. The fourth-order valence-corrected chi connectivity index (χ4v) is 4.99. The third-order valence-electron chi connectivity index (χ3n) is 4.62. The van der Waals surface area contributed by atoms with E-state index >= 15 is 0 Å². The van der Waals surface area contributed by atoms with Gasteiger partial charge in [-0.05, 0) is 0 Å². The van der Waals surface area contributed by atoms with Gasteiger partial charge in [0.15, 0.2) is 29.8 Å². The van der Waals surface area contributed by atoms with Crippen LogP contribution in [0.4, 0.5) is 5.13 Å². The normalized spacial score (nSPS) is 20.4. The number of nitrogens with one attached hydrogen (secondary N) is 1. The van der Waals surface area contributed by atoms with Gasteiger partial charge in [-0.1, -0.05) is 23.9 Å². The molecule has 11 heteroatoms. The number of thioether (sulfide) groups is 1. The van der Waals surface area contributed by atoms with Gasteiger partial charge in [0, 0.05) is 35.0 Å². The SMILES string of the molecule is C=CCON=C(C(=O)NC1C(=O)N2C=C(C[n+]3ccccc3)CS[C@@H]12)c1csc(N)n1. The lowest BCUT2D eigenvalue weighted by atomic mass is 10.1. The molecular weight excluding hydrogens is 436 g/mol. The van der Waals surface area contributed by atoms with Crippen LogP contribution in [0.15, 0.2) is 65.6 Å². The first-order valence-corrected chi connectivity index (χ1v) is 11.4. The van der Waals surface area contributed by atoms with Crippen molar-refractivity contribution < 1.29 is 19.0 Å². The lowest BCUT2D eigenvalue weighted by Gasteiger charge is -2.47. The first-order chi connectivity index (χ1) is 15.1. The van der Waals surface area contributed by atoms with E-state index in [-0.39, 0.29) is 23.6 Å². The van der Waals surface area contributed by atoms with Crippen molar-refractivity contribution in [3.8, 4) is 0 Å². The van der Waals surface area contributed by atoms with Crippen molar-refractivity contribution in [3.63, 3.8) is 0 Å². The van der Waals surface area contributed by atoms with E-state index in [2.05, 4.69) is 26.6 Å². The maximum absolute atomic E-state index is 12.9. The molecule has 4 rings (SSSR count). The van der Waals surface area contributed by atoms with E-state index in [1.807, 2.05) is 36.8 Å². The lowest BCUT2D eigenvalue weighted by molar-refractivity contribution is -0.689. The van der Waals surface area contributed by atoms with Crippen molar-refractivity contribution in [2.24, 2.45) is 5.16 Å². The average molecular weight is 458 g/mol. The number of hydrogen-bond acceptors (Lipinski definition) is 8. The van der Waals surface area contributed by atoms with Gasteiger partial charge in [0.2, 0.25) is 0 Å². The summed E-state index contributed by atoms with van der Waals surface area (Å²) in [6, 6.07) is 5.25. The molecule has 1 unspecified atom stereocenters. The van der Waals surface area contributed by atoms with Crippen LogP contribution in [0.1, 0.15) is 5.69 Å². The zero-order valence-electron chi connectivity index (χ0n) is 16.5. The number of carbonyl (C=O) groups excluding carboxylic acids is 2. The number of nitrogens with two attached hydrogens (primary N) is 1. The number of carbonyl (C=O) groups is 2. The number of hydrogen-bond donors (Lipinski definition) is 2. The summed E-state index contributed by atoms with van der Waals surface area (Å²) in [6.45, 7) is 4.40. The van der Waals surface area contributed by atoms with E-state index < -0.39 is 11.9 Å². The van der Waals surface area contributed by atoms with Gasteiger partial charge in [0.05, 0.1) is 0 Å². The molecule has 1 saturated heterocycles. The highest BCUT2D eigenvalue weighted by Crippen LogP contribution is 2.36. The number of amides is 2. The van der Waals surface area contributed by atoms with E-state index in [0.717, 1.165) is 11.3 Å². The molecule has 0 aromatic carbocycles. The van der Waals surface area contributed by atoms with Crippen molar-refractivity contribution in [2.45, 2.75) is 18.0 Å². The average Bonchev–Trinajstić information content (AvgIpc) is 3.21. The molecular formula is C20H21N6O3S2+. The summed E-state index contributed by atoms with van der Waals surface area (Å²) < 4.78 is 2.06. The van der Waals surface area contributed by atoms with Crippen molar-refractivity contribution in [1.82, 2.24) is 15.2 Å². The van der Waals surface area contributed by atoms with E-state index in [1.54, 1.807) is 22.0 Å². The topological polar surface area (TPSA) is 114 Å². The largest absolute Gasteiger partial charge is 0.391 e. The third-order valence-corrected chi connectivity index (χ3v) is 6.67. The van der Waals surface area contributed by atoms with Crippen LogP contribution in [0.5, 0.6) is 0 Å². The molecule has 2 amide bonds. The minimum atomic E-state index is -0.639. The highest BCUT2D eigenvalue weighted by Gasteiger charge is 2.50. The first-order valence-electron chi connectivity index (χ1n) is 9.47. The Bertz CT molecular complexity index is 1050. The van der Waals surface area contributed by atoms with Gasteiger partial charge in [0.25, 0.3) is 11.8 Å². The number of oxime groups is 1. The quantitative estimate of drug-likeness (QED) is 0.152. The highest BCUT2D eigenvalue weighted by atomic mass is 32.2. The smallest absolute Gasteiger partial charge is 0.276 e. The molecule has 31 heavy (non-hydrogen) atoms. The summed E-state index contributed by atoms with van der Waals surface area (Å²) >= 11 is 2.81. The number of thiazole rings is 1. The first kappa shape index (κ1) is 21.1. The maximum atomic E-state index is 12.9. The summed E-state index contributed by atoms with van der Waals surface area (Å²) in [4.78, 5) is 36.4. The van der Waals surface area contributed by atoms with Gasteiger partial charge >= 0.3 is 0 Å². The monoisotopic (exact) mass is 457 g/mol. The van der Waals surface area contributed by atoms with Crippen LogP contribution in [0.25, 0.3) is 0 Å². The molecule has 0 saturated carbocycles. The number of anilines is 1. The Morgan fingerprint density at radius 2 is 2.26 bits per heavy atom. The van der Waals surface area contributed by atoms with Crippen LogP contribution in [0.3, 0.4) is 0 Å². The Morgan fingerprint density at radius 1 is 1.45 bits per heavy atom. The van der Waals surface area contributed by atoms with Crippen LogP contribution >= 0.6 is 23.1 Å². The summed E-state index contributed by atoms with van der Waals surface area (Å²) in [5.41, 5.74) is 7.08. The number of fused-ring (bicyclic) bond motifs is 1. The standard InChI is InChI=1S/C20H20N6O3S2/c1-2-8-29-24-15(14-12-31-20(21)22-14)17(27)23-16-18(28)26-10-13(11-30-19(16)26)9-25-6-4-3-5-7-25/h2-7,10,12,16,19H,1,8-9,11H2,(H2-,21,22,23,27)/p+1/t16?,19-/m0/s1. The zero-order chi connectivity index (χ0) is 21.8. The molecule has 2 aliphatic rings. The van der Waals surface area contributed by atoms with Crippen LogP contribution in [0.2, 0.25) is 0 Å². The molecule has 2 atom stereocenters. The lowest BCUT2D eigenvalue weighted by Crippen LogP contribution is -2.69. The van der Waals surface area contributed by atoms with Gasteiger partial charge < -0.3 is 20.8 Å². The minimum absolute atomic E-state index is 0.0291. The zero-order valence-corrected chi connectivity index (χ0v) is 18.1. The van der Waals surface area contributed by atoms with Gasteiger partial charge in [-0.15, -0.1) is 23.1 Å². The van der Waals surface area contributed by atoms with Crippen LogP contribution in [0, 0.1) is 0 Å². The number of pyridine rings is 1. The third kappa shape index (κ3) is 4.62. The van der Waals surface area contributed by atoms with Crippen molar-refractivity contribution in [1.29, 1.82) is 0 Å². The van der Waals surface area contributed by atoms with Gasteiger partial charge in [-0.25, -0.2) is 9.55 Å². The molecule has 2 aliphatic heterocycles. The molecule has 1 fully saturated rings. The van der Waals surface area contributed by atoms with E-state index in [4.69, 9.17) is 10.6 Å². The predicted molar refractivity (Wildman–Crippen MR) is 119 cm³/mol. The summed E-state index contributed by atoms with van der Waals surface area (Å²) in [7, 11) is 0. The molecule has 2 aromatic rings. The van der Waals surface area contributed by atoms with E-state index in [1.165, 1.54) is 17.4 Å². The fourth-order valence-electron chi connectivity index (χ4n) is 3.19. The Kier molecular flexibility index (Phi) is 6.33. The van der Waals surface area contributed by atoms with Crippen molar-refractivity contribution >= 4 is 45.8 Å². The van der Waals surface area contributed by atoms with E-state index in [0.29, 0.717) is 17.4 Å². The van der Waals surface area contributed by atoms with Gasteiger partial charge in [-0.2, -0.15) is 0 Å². The summed E-state index contributed by atoms with van der Waals surface area (Å²) in [6.07, 6.45) is 7.37. The number of nitrogen functional groups attached to an aromatic ring is 1. The number of rotatable bonds is 8. The Morgan fingerprint density at radius 3 is 2.97 bits per heavy atom. The number of β-lactam (4-membered cyclic amide) rings is 1. The Labute approximate surface area is 187 Å². The molecule has 0 spiro atoms. The highest BCUT2D eigenvalue weighted by molar-refractivity contribution is 8.00. The summed E-state index contributed by atoms with van der Waals surface area (Å²) in [5, 5.41) is 8.41. The number of aromatic nitrogens is 2. The van der Waals surface area contributed by atoms with Crippen LogP contribution < -0.4 is 15.6 Å². The van der Waals surface area contributed by atoms with Crippen LogP contribution in [-0.2, 0) is 21.0 Å². The second-order valence-corrected chi connectivity index (χ2v) is 8.82.